The fourth-order valence-corrected chi connectivity index (χ4v) is 11.7. The van der Waals surface area contributed by atoms with Gasteiger partial charge in [-0.3, -0.25) is 20.0 Å². The Hall–Kier alpha value is -9.01. The number of rotatable bonds is 14. The molecule has 1 fully saturated rings. The normalized spacial score (nSPS) is 15.1. The summed E-state index contributed by atoms with van der Waals surface area (Å²) in [5, 5.41) is 0. The highest BCUT2D eigenvalue weighted by molar-refractivity contribution is 7.14. The smallest absolute Gasteiger partial charge is 0.200 e. The van der Waals surface area contributed by atoms with Crippen molar-refractivity contribution in [2.75, 3.05) is 0 Å². The molecule has 0 radical (unpaired) electrons. The van der Waals surface area contributed by atoms with Crippen molar-refractivity contribution in [2.24, 2.45) is 9.98 Å². The highest BCUT2D eigenvalue weighted by atomic mass is 19.2. The van der Waals surface area contributed by atoms with Crippen LogP contribution in [-0.2, 0) is 0 Å². The van der Waals surface area contributed by atoms with Crippen LogP contribution in [0, 0.1) is 175 Å². The van der Waals surface area contributed by atoms with Crippen LogP contribution < -0.4 is 32.8 Å². The van der Waals surface area contributed by atoms with Crippen molar-refractivity contribution in [3.8, 4) is 0 Å². The van der Waals surface area contributed by atoms with Gasteiger partial charge in [-0.1, -0.05) is 25.0 Å². The van der Waals surface area contributed by atoms with Crippen molar-refractivity contribution in [2.45, 2.75) is 50.4 Å². The Kier molecular flexibility index (Phi) is 18.2. The van der Waals surface area contributed by atoms with Gasteiger partial charge in [0.2, 0.25) is 0 Å². The molecule has 0 N–H and O–H groups in total. The zero-order valence-corrected chi connectivity index (χ0v) is 44.3. The van der Waals surface area contributed by atoms with Crippen LogP contribution in [0.3, 0.4) is 0 Å². The van der Waals surface area contributed by atoms with Crippen molar-refractivity contribution >= 4 is 56.5 Å². The van der Waals surface area contributed by atoms with E-state index >= 15 is 105 Å². The topological polar surface area (TPSA) is 50.5 Å². The molecule has 6 aromatic carbocycles. The molecule has 484 valence electrons. The molecule has 1 aliphatic carbocycles. The number of hydrogen-bond acceptors (Lipinski definition) is 4. The van der Waals surface area contributed by atoms with E-state index in [1.165, 1.54) is 0 Å². The summed E-state index contributed by atoms with van der Waals surface area (Å²) in [5.41, 5.74) is -24.3. The number of halogens is 30. The van der Waals surface area contributed by atoms with Crippen LogP contribution in [0.1, 0.15) is 37.1 Å². The molecule has 2 atom stereocenters. The molecule has 0 bridgehead atoms. The van der Waals surface area contributed by atoms with Gasteiger partial charge in [-0.25, -0.2) is 132 Å². The predicted molar refractivity (Wildman–Crippen MR) is 264 cm³/mol. The van der Waals surface area contributed by atoms with Crippen LogP contribution in [0.25, 0.3) is 0 Å². The largest absolute Gasteiger partial charge is 0.285 e. The third-order valence-corrected chi connectivity index (χ3v) is 15.7. The first-order chi connectivity index (χ1) is 43.2. The standard InChI is InChI=1S/C56H22B2F30N4/c59-27-21(28(60)40(72)51(83)39(27)71)57(22-29(61)41(73)52(84)42(74)30(22)62,23-31(63)43(75)53(85)44(76)32(23)64)13-19(15-7-3-5-11-89-15)91-17-9-1-2-10-18(17)92-20(16-8-4-6-12-90-16)14-58(24-33(65)45(77)54(86)46(78)34(24)66,25-35(67)47(79)55(87)48(80)36(25)68)26-37(69)49(81)56(88)50(82)38(26)70/h3-8,11-12,17-18H,1-2,9-10,13-14H2/q-2. The molecule has 2 heterocycles. The lowest BCUT2D eigenvalue weighted by Crippen LogP contribution is -2.74. The average Bonchev–Trinajstić information content (AvgIpc) is 0.705. The molecule has 9 rings (SSSR count). The molecule has 2 unspecified atom stereocenters. The van der Waals surface area contributed by atoms with Crippen LogP contribution in [0.2, 0.25) is 12.6 Å². The Balaban J connectivity index is 1.46. The van der Waals surface area contributed by atoms with E-state index in [4.69, 9.17) is 0 Å². The van der Waals surface area contributed by atoms with Gasteiger partial charge in [0.1, 0.15) is 82.1 Å². The highest BCUT2D eigenvalue weighted by Gasteiger charge is 2.52. The summed E-state index contributed by atoms with van der Waals surface area (Å²) in [7, 11) is 0. The van der Waals surface area contributed by atoms with Gasteiger partial charge < -0.3 is 0 Å². The quantitative estimate of drug-likeness (QED) is 0.0358. The Morgan fingerprint density at radius 1 is 0.272 bits per heavy atom. The van der Waals surface area contributed by atoms with Crippen molar-refractivity contribution < 1.29 is 132 Å². The van der Waals surface area contributed by atoms with Gasteiger partial charge in [-0.05, 0) is 37.1 Å². The van der Waals surface area contributed by atoms with E-state index in [0.29, 0.717) is 24.5 Å². The molecule has 0 saturated heterocycles. The minimum atomic E-state index is -6.54. The van der Waals surface area contributed by atoms with Crippen LogP contribution >= 0.6 is 0 Å². The molecule has 0 aliphatic heterocycles. The highest BCUT2D eigenvalue weighted by Crippen LogP contribution is 2.36. The summed E-state index contributed by atoms with van der Waals surface area (Å²) >= 11 is 0. The van der Waals surface area contributed by atoms with Gasteiger partial charge in [0, 0.05) is 23.8 Å². The minimum absolute atomic E-state index is 0.356. The molecular weight excluding hydrogens is 1320 g/mol. The SMILES string of the molecule is Fc1c(F)c(F)c([B-](CC(=NC2CCCCC2N=C(C[B-](c2c(F)c(F)c(F)c(F)c2F)(c2c(F)c(F)c(F)c(F)c2F)c2c(F)c(F)c(F)c(F)c2F)c2ccccn2)c2ccccn2)(c2c(F)c(F)c(F)c(F)c2F)c2c(F)c(F)c(F)c(F)c2F)c(F)c1F. The van der Waals surface area contributed by atoms with Crippen molar-refractivity contribution in [1.82, 2.24) is 9.97 Å². The molecule has 1 aliphatic rings. The van der Waals surface area contributed by atoms with E-state index in [1.807, 2.05) is 0 Å². The van der Waals surface area contributed by atoms with Gasteiger partial charge in [0.15, 0.2) is 105 Å². The van der Waals surface area contributed by atoms with Crippen LogP contribution in [0.5, 0.6) is 0 Å². The van der Waals surface area contributed by atoms with E-state index < -0.39 is 280 Å². The van der Waals surface area contributed by atoms with Gasteiger partial charge in [-0.15, -0.1) is 45.4 Å². The summed E-state index contributed by atoms with van der Waals surface area (Å²) in [6.45, 7) is 0. The maximum absolute atomic E-state index is 16.8. The Morgan fingerprint density at radius 2 is 0.446 bits per heavy atom. The number of aromatic nitrogens is 2. The number of nitrogens with zero attached hydrogens (tertiary/aromatic N) is 4. The first-order valence-electron chi connectivity index (χ1n) is 25.6. The first kappa shape index (κ1) is 67.4. The van der Waals surface area contributed by atoms with Crippen molar-refractivity contribution in [3.63, 3.8) is 0 Å². The fourth-order valence-electron chi connectivity index (χ4n) is 11.7. The van der Waals surface area contributed by atoms with Crippen LogP contribution in [0.15, 0.2) is 58.8 Å². The number of pyridine rings is 2. The second-order valence-electron chi connectivity index (χ2n) is 20.4. The Morgan fingerprint density at radius 3 is 0.609 bits per heavy atom. The maximum Gasteiger partial charge on any atom is 0.200 e. The van der Waals surface area contributed by atoms with E-state index in [1.54, 1.807) is 0 Å². The molecule has 0 spiro atoms. The number of hydrogen-bond donors (Lipinski definition) is 0. The lowest BCUT2D eigenvalue weighted by atomic mass is 9.13. The van der Waals surface area contributed by atoms with Crippen LogP contribution in [0.4, 0.5) is 132 Å². The second-order valence-corrected chi connectivity index (χ2v) is 20.4. The van der Waals surface area contributed by atoms with Crippen molar-refractivity contribution in [3.05, 3.63) is 235 Å². The molecule has 8 aromatic rings. The summed E-state index contributed by atoms with van der Waals surface area (Å²) in [6.07, 6.45) is -19.5. The fraction of sp³-hybridized carbons (Fsp3) is 0.143. The molecule has 92 heavy (non-hydrogen) atoms. The molecule has 2 aromatic heterocycles. The summed E-state index contributed by atoms with van der Waals surface area (Å²) in [6, 6.07) is 0.133. The lowest BCUT2D eigenvalue weighted by molar-refractivity contribution is 0.379. The Bertz CT molecular complexity index is 3670. The van der Waals surface area contributed by atoms with Gasteiger partial charge in [-0.2, -0.15) is 0 Å². The van der Waals surface area contributed by atoms with E-state index in [9.17, 15) is 26.3 Å². The van der Waals surface area contributed by atoms with E-state index in [2.05, 4.69) is 20.0 Å². The third-order valence-electron chi connectivity index (χ3n) is 15.7. The summed E-state index contributed by atoms with van der Waals surface area (Å²) in [5.74, 6) is -102. The predicted octanol–water partition coefficient (Wildman–Crippen LogP) is 12.6. The molecule has 4 nitrogen and oxygen atoms in total. The minimum Gasteiger partial charge on any atom is -0.285 e. The molecule has 36 heteroatoms. The zero-order valence-electron chi connectivity index (χ0n) is 44.3. The van der Waals surface area contributed by atoms with Gasteiger partial charge in [0.05, 0.1) is 23.5 Å². The monoisotopic (exact) mass is 1340 g/mol. The molecule has 0 amide bonds. The van der Waals surface area contributed by atoms with Crippen LogP contribution in [-0.4, -0.2) is 45.8 Å². The molecular formula is C56H22B2F30N4-2. The average molecular weight is 1340 g/mol. The summed E-state index contributed by atoms with van der Waals surface area (Å²) in [4.78, 5) is 15.8. The number of benzene rings is 6. The summed E-state index contributed by atoms with van der Waals surface area (Å²) < 4.78 is 478. The third kappa shape index (κ3) is 10.3. The van der Waals surface area contributed by atoms with E-state index in [0.717, 1.165) is 24.3 Å². The number of aliphatic imine (C=N–C) groups is 2. The molecule has 1 saturated carbocycles. The van der Waals surface area contributed by atoms with Gasteiger partial charge >= 0.3 is 0 Å². The first-order valence-corrected chi connectivity index (χ1v) is 25.6. The van der Waals surface area contributed by atoms with Gasteiger partial charge in [0.25, 0.3) is 0 Å². The second kappa shape index (κ2) is 24.9. The maximum atomic E-state index is 16.8. The Labute approximate surface area is 492 Å². The van der Waals surface area contributed by atoms with E-state index in [-0.39, 0.29) is 12.8 Å². The van der Waals surface area contributed by atoms with Crippen molar-refractivity contribution in [1.29, 1.82) is 0 Å². The lowest BCUT2D eigenvalue weighted by Gasteiger charge is -2.44. The zero-order chi connectivity index (χ0) is 68.0.